The fraction of sp³-hybridized carbons (Fsp3) is 0.500. The topological polar surface area (TPSA) is 41.1 Å². The minimum Gasteiger partial charge on any atom is -0.335 e. The molecule has 1 aliphatic rings. The Kier molecular flexibility index (Phi) is 4.20. The van der Waals surface area contributed by atoms with Crippen molar-refractivity contribution in [3.63, 3.8) is 0 Å². The number of hydrogen-bond acceptors (Lipinski definition) is 1. The van der Waals surface area contributed by atoms with Crippen molar-refractivity contribution in [1.29, 1.82) is 0 Å². The van der Waals surface area contributed by atoms with Crippen LogP contribution in [-0.4, -0.2) is 12.1 Å². The number of benzene rings is 1. The molecule has 0 heterocycles. The van der Waals surface area contributed by atoms with Gasteiger partial charge in [0.05, 0.1) is 5.56 Å². The summed E-state index contributed by atoms with van der Waals surface area (Å²) in [6.45, 7) is 1.39. The molecule has 110 valence electrons. The Morgan fingerprint density at radius 1 is 1.25 bits per heavy atom. The molecular formula is C14H17F3N2O. The maximum Gasteiger partial charge on any atom is 0.416 e. The molecule has 0 atom stereocenters. The number of alkyl halides is 3. The molecule has 2 amide bonds. The van der Waals surface area contributed by atoms with Gasteiger partial charge in [-0.2, -0.15) is 13.2 Å². The number of anilines is 1. The lowest BCUT2D eigenvalue weighted by molar-refractivity contribution is -0.138. The quantitative estimate of drug-likeness (QED) is 0.845. The highest BCUT2D eigenvalue weighted by atomic mass is 19.4. The zero-order valence-electron chi connectivity index (χ0n) is 11.2. The molecule has 1 saturated carbocycles. The Bertz CT molecular complexity index is 494. The Morgan fingerprint density at radius 2 is 1.90 bits per heavy atom. The zero-order valence-corrected chi connectivity index (χ0v) is 11.2. The van der Waals surface area contributed by atoms with Gasteiger partial charge in [0.15, 0.2) is 0 Å². The van der Waals surface area contributed by atoms with Gasteiger partial charge in [-0.25, -0.2) is 4.79 Å². The Hall–Kier alpha value is -1.72. The maximum absolute atomic E-state index is 12.8. The molecule has 0 aromatic heterocycles. The van der Waals surface area contributed by atoms with Crippen LogP contribution in [0.2, 0.25) is 0 Å². The van der Waals surface area contributed by atoms with Crippen LogP contribution in [0.4, 0.5) is 23.7 Å². The Morgan fingerprint density at radius 3 is 2.50 bits per heavy atom. The highest BCUT2D eigenvalue weighted by Gasteiger charge is 2.32. The number of carbonyl (C=O) groups excluding carboxylic acids is 1. The maximum atomic E-state index is 12.8. The van der Waals surface area contributed by atoms with Crippen LogP contribution in [-0.2, 0) is 6.18 Å². The van der Waals surface area contributed by atoms with Gasteiger partial charge in [0.2, 0.25) is 0 Å². The number of nitrogens with one attached hydrogen (secondary N) is 2. The molecule has 6 heteroatoms. The molecule has 0 radical (unpaired) electrons. The van der Waals surface area contributed by atoms with Crippen LogP contribution in [0.25, 0.3) is 0 Å². The second-order valence-electron chi connectivity index (χ2n) is 5.11. The highest BCUT2D eigenvalue weighted by molar-refractivity contribution is 5.89. The second-order valence-corrected chi connectivity index (χ2v) is 5.11. The number of aryl methyl sites for hydroxylation is 1. The number of halogens is 3. The SMILES string of the molecule is Cc1ccc(NC(=O)NC2CCCC2)cc1C(F)(F)F. The van der Waals surface area contributed by atoms with E-state index >= 15 is 0 Å². The van der Waals surface area contributed by atoms with E-state index in [4.69, 9.17) is 0 Å². The van der Waals surface area contributed by atoms with Gasteiger partial charge >= 0.3 is 12.2 Å². The van der Waals surface area contributed by atoms with E-state index in [0.29, 0.717) is 0 Å². The first kappa shape index (κ1) is 14.7. The standard InChI is InChI=1S/C14H17F3N2O/c1-9-6-7-11(8-12(9)14(15,16)17)19-13(20)18-10-4-2-3-5-10/h6-8,10H,2-5H2,1H3,(H2,18,19,20). The molecule has 0 bridgehead atoms. The molecule has 1 fully saturated rings. The van der Waals surface area contributed by atoms with Crippen molar-refractivity contribution in [3.8, 4) is 0 Å². The summed E-state index contributed by atoms with van der Waals surface area (Å²) in [5, 5.41) is 5.23. The van der Waals surface area contributed by atoms with E-state index in [1.54, 1.807) is 0 Å². The van der Waals surface area contributed by atoms with Crippen molar-refractivity contribution in [3.05, 3.63) is 29.3 Å². The van der Waals surface area contributed by atoms with E-state index in [1.807, 2.05) is 0 Å². The predicted octanol–water partition coefficient (Wildman–Crippen LogP) is 4.08. The summed E-state index contributed by atoms with van der Waals surface area (Å²) in [6.07, 6.45) is -0.407. The molecule has 0 spiro atoms. The highest BCUT2D eigenvalue weighted by Crippen LogP contribution is 2.33. The van der Waals surface area contributed by atoms with E-state index in [2.05, 4.69) is 10.6 Å². The molecule has 2 rings (SSSR count). The summed E-state index contributed by atoms with van der Waals surface area (Å²) in [4.78, 5) is 11.7. The summed E-state index contributed by atoms with van der Waals surface area (Å²) in [5.41, 5.74) is -0.436. The molecule has 20 heavy (non-hydrogen) atoms. The molecule has 0 unspecified atom stereocenters. The van der Waals surface area contributed by atoms with E-state index in [0.717, 1.165) is 31.7 Å². The summed E-state index contributed by atoms with van der Waals surface area (Å²) in [5.74, 6) is 0. The van der Waals surface area contributed by atoms with Crippen molar-refractivity contribution in [2.75, 3.05) is 5.32 Å². The van der Waals surface area contributed by atoms with Crippen molar-refractivity contribution in [1.82, 2.24) is 5.32 Å². The van der Waals surface area contributed by atoms with Crippen LogP contribution < -0.4 is 10.6 Å². The minimum absolute atomic E-state index is 0.127. The number of hydrogen-bond donors (Lipinski definition) is 2. The summed E-state index contributed by atoms with van der Waals surface area (Å²) < 4.78 is 38.3. The second kappa shape index (κ2) is 5.73. The molecule has 1 aromatic rings. The first-order valence-electron chi connectivity index (χ1n) is 6.61. The summed E-state index contributed by atoms with van der Waals surface area (Å²) in [6, 6.07) is 3.47. The average molecular weight is 286 g/mol. The van der Waals surface area contributed by atoms with Gasteiger partial charge in [-0.05, 0) is 37.5 Å². The third-order valence-electron chi connectivity index (χ3n) is 3.49. The van der Waals surface area contributed by atoms with Crippen LogP contribution in [0.15, 0.2) is 18.2 Å². The largest absolute Gasteiger partial charge is 0.416 e. The van der Waals surface area contributed by atoms with Crippen LogP contribution in [0.1, 0.15) is 36.8 Å². The van der Waals surface area contributed by atoms with Crippen LogP contribution >= 0.6 is 0 Å². The average Bonchev–Trinajstić information content (AvgIpc) is 2.83. The smallest absolute Gasteiger partial charge is 0.335 e. The lowest BCUT2D eigenvalue weighted by Crippen LogP contribution is -2.36. The van der Waals surface area contributed by atoms with Gasteiger partial charge in [0.1, 0.15) is 0 Å². The van der Waals surface area contributed by atoms with Gasteiger partial charge in [0, 0.05) is 11.7 Å². The monoisotopic (exact) mass is 286 g/mol. The number of amides is 2. The fourth-order valence-electron chi connectivity index (χ4n) is 2.43. The molecule has 2 N–H and O–H groups in total. The summed E-state index contributed by atoms with van der Waals surface area (Å²) >= 11 is 0. The van der Waals surface area contributed by atoms with Crippen LogP contribution in [0.5, 0.6) is 0 Å². The first-order valence-corrected chi connectivity index (χ1v) is 6.61. The predicted molar refractivity (Wildman–Crippen MR) is 70.6 cm³/mol. The van der Waals surface area contributed by atoms with Gasteiger partial charge in [0.25, 0.3) is 0 Å². The van der Waals surface area contributed by atoms with Crippen molar-refractivity contribution < 1.29 is 18.0 Å². The van der Waals surface area contributed by atoms with Crippen molar-refractivity contribution >= 4 is 11.7 Å². The van der Waals surface area contributed by atoms with E-state index in [-0.39, 0.29) is 17.3 Å². The number of rotatable bonds is 2. The molecule has 1 aliphatic carbocycles. The van der Waals surface area contributed by atoms with E-state index in [1.165, 1.54) is 19.1 Å². The van der Waals surface area contributed by atoms with Gasteiger partial charge in [-0.15, -0.1) is 0 Å². The molecular weight excluding hydrogens is 269 g/mol. The number of urea groups is 1. The van der Waals surface area contributed by atoms with Gasteiger partial charge in [-0.3, -0.25) is 0 Å². The van der Waals surface area contributed by atoms with E-state index in [9.17, 15) is 18.0 Å². The minimum atomic E-state index is -4.41. The lowest BCUT2D eigenvalue weighted by atomic mass is 10.1. The van der Waals surface area contributed by atoms with E-state index < -0.39 is 17.8 Å². The number of carbonyl (C=O) groups is 1. The Labute approximate surface area is 115 Å². The van der Waals surface area contributed by atoms with Crippen LogP contribution in [0, 0.1) is 6.92 Å². The lowest BCUT2D eigenvalue weighted by Gasteiger charge is -2.15. The van der Waals surface area contributed by atoms with Gasteiger partial charge in [-0.1, -0.05) is 18.9 Å². The van der Waals surface area contributed by atoms with Crippen molar-refractivity contribution in [2.45, 2.75) is 44.8 Å². The third-order valence-corrected chi connectivity index (χ3v) is 3.49. The first-order chi connectivity index (χ1) is 9.36. The molecule has 0 aliphatic heterocycles. The third kappa shape index (κ3) is 3.65. The van der Waals surface area contributed by atoms with Crippen LogP contribution in [0.3, 0.4) is 0 Å². The molecule has 0 saturated heterocycles. The summed E-state index contributed by atoms with van der Waals surface area (Å²) in [7, 11) is 0. The fourth-order valence-corrected chi connectivity index (χ4v) is 2.43. The zero-order chi connectivity index (χ0) is 14.8. The Balaban J connectivity index is 2.04. The molecule has 3 nitrogen and oxygen atoms in total. The molecule has 1 aromatic carbocycles. The normalized spacial score (nSPS) is 16.2. The van der Waals surface area contributed by atoms with Crippen molar-refractivity contribution in [2.24, 2.45) is 0 Å². The van der Waals surface area contributed by atoms with Gasteiger partial charge < -0.3 is 10.6 Å².